The summed E-state index contributed by atoms with van der Waals surface area (Å²) in [5, 5.41) is 3.18. The molecule has 1 heterocycles. The number of oxazole rings is 1. The minimum atomic E-state index is 0.578. The Hall–Kier alpha value is -1.36. The van der Waals surface area contributed by atoms with Gasteiger partial charge in [0.25, 0.3) is 6.01 Å². The van der Waals surface area contributed by atoms with Crippen molar-refractivity contribution in [1.82, 2.24) is 4.98 Å². The summed E-state index contributed by atoms with van der Waals surface area (Å²) in [6.45, 7) is 0.892. The fraction of sp³-hybridized carbons (Fsp3) is 0.417. The van der Waals surface area contributed by atoms with E-state index < -0.39 is 0 Å². The van der Waals surface area contributed by atoms with Crippen LogP contribution in [0.25, 0.3) is 11.1 Å². The highest BCUT2D eigenvalue weighted by Gasteiger charge is 2.04. The van der Waals surface area contributed by atoms with E-state index in [0.29, 0.717) is 11.7 Å². The maximum absolute atomic E-state index is 5.68. The van der Waals surface area contributed by atoms with Crippen molar-refractivity contribution < 1.29 is 4.42 Å². The van der Waals surface area contributed by atoms with Gasteiger partial charge in [-0.05, 0) is 37.0 Å². The largest absolute Gasteiger partial charge is 0.423 e. The van der Waals surface area contributed by atoms with Gasteiger partial charge in [0.1, 0.15) is 5.52 Å². The van der Waals surface area contributed by atoms with Crippen LogP contribution in [0.15, 0.2) is 22.6 Å². The summed E-state index contributed by atoms with van der Waals surface area (Å²) < 4.78 is 5.55. The highest BCUT2D eigenvalue weighted by molar-refractivity contribution is 7.98. The quantitative estimate of drug-likeness (QED) is 0.610. The lowest BCUT2D eigenvalue weighted by molar-refractivity contribution is 0.612. The lowest BCUT2D eigenvalue weighted by Crippen LogP contribution is -2.01. The molecule has 0 saturated carbocycles. The molecule has 4 nitrogen and oxygen atoms in total. The number of nitrogens with zero attached hydrogens (tertiary/aromatic N) is 1. The molecule has 92 valence electrons. The Morgan fingerprint density at radius 3 is 3.12 bits per heavy atom. The first kappa shape index (κ1) is 12.1. The number of fused-ring (bicyclic) bond motifs is 1. The highest BCUT2D eigenvalue weighted by atomic mass is 32.2. The molecule has 17 heavy (non-hydrogen) atoms. The summed E-state index contributed by atoms with van der Waals surface area (Å²) in [4.78, 5) is 4.33. The third-order valence-electron chi connectivity index (χ3n) is 2.46. The maximum Gasteiger partial charge on any atom is 0.295 e. The first-order valence-corrected chi connectivity index (χ1v) is 7.08. The predicted molar refractivity (Wildman–Crippen MR) is 74.5 cm³/mol. The summed E-state index contributed by atoms with van der Waals surface area (Å²) in [6.07, 6.45) is 4.46. The average Bonchev–Trinajstić information content (AvgIpc) is 2.70. The van der Waals surface area contributed by atoms with Gasteiger partial charge in [0, 0.05) is 18.3 Å². The second-order valence-electron chi connectivity index (χ2n) is 3.87. The van der Waals surface area contributed by atoms with E-state index in [-0.39, 0.29) is 0 Å². The summed E-state index contributed by atoms with van der Waals surface area (Å²) in [5.74, 6) is 1.20. The SMILES string of the molecule is CSCCCCNc1nc2ccc(N)cc2o1. The molecule has 0 radical (unpaired) electrons. The zero-order valence-electron chi connectivity index (χ0n) is 9.90. The lowest BCUT2D eigenvalue weighted by atomic mass is 10.3. The van der Waals surface area contributed by atoms with Gasteiger partial charge < -0.3 is 15.5 Å². The fourth-order valence-electron chi connectivity index (χ4n) is 1.58. The van der Waals surface area contributed by atoms with Crippen molar-refractivity contribution in [3.8, 4) is 0 Å². The number of hydrogen-bond donors (Lipinski definition) is 2. The van der Waals surface area contributed by atoms with Crippen LogP contribution in [0.5, 0.6) is 0 Å². The smallest absolute Gasteiger partial charge is 0.295 e. The molecule has 0 aliphatic heterocycles. The average molecular weight is 251 g/mol. The second kappa shape index (κ2) is 5.82. The first-order valence-electron chi connectivity index (χ1n) is 5.68. The second-order valence-corrected chi connectivity index (χ2v) is 4.86. The first-order chi connectivity index (χ1) is 8.29. The minimum Gasteiger partial charge on any atom is -0.423 e. The monoisotopic (exact) mass is 251 g/mol. The Labute approximate surface area is 105 Å². The molecule has 0 atom stereocenters. The summed E-state index contributed by atoms with van der Waals surface area (Å²) in [5.41, 5.74) is 7.94. The van der Waals surface area contributed by atoms with Crippen molar-refractivity contribution in [3.63, 3.8) is 0 Å². The molecule has 0 aliphatic carbocycles. The number of aromatic nitrogens is 1. The molecule has 0 saturated heterocycles. The van der Waals surface area contributed by atoms with E-state index >= 15 is 0 Å². The van der Waals surface area contributed by atoms with Crippen molar-refractivity contribution in [2.45, 2.75) is 12.8 Å². The Bertz CT molecular complexity index is 484. The number of rotatable bonds is 6. The number of benzene rings is 1. The van der Waals surface area contributed by atoms with Crippen LogP contribution in [-0.2, 0) is 0 Å². The summed E-state index contributed by atoms with van der Waals surface area (Å²) >= 11 is 1.87. The maximum atomic E-state index is 5.68. The number of nitrogens with one attached hydrogen (secondary N) is 1. The van der Waals surface area contributed by atoms with E-state index in [9.17, 15) is 0 Å². The number of nitrogen functional groups attached to an aromatic ring is 1. The Balaban J connectivity index is 1.91. The molecule has 3 N–H and O–H groups in total. The number of nitrogens with two attached hydrogens (primary N) is 1. The summed E-state index contributed by atoms with van der Waals surface area (Å²) in [7, 11) is 0. The van der Waals surface area contributed by atoms with Crippen molar-refractivity contribution in [1.29, 1.82) is 0 Å². The van der Waals surface area contributed by atoms with Crippen molar-refractivity contribution in [2.75, 3.05) is 29.6 Å². The summed E-state index contributed by atoms with van der Waals surface area (Å²) in [6, 6.07) is 6.07. The molecule has 5 heteroatoms. The van der Waals surface area contributed by atoms with Gasteiger partial charge in [-0.2, -0.15) is 16.7 Å². The van der Waals surface area contributed by atoms with E-state index in [2.05, 4.69) is 16.6 Å². The van der Waals surface area contributed by atoms with Crippen molar-refractivity contribution in [3.05, 3.63) is 18.2 Å². The van der Waals surface area contributed by atoms with Gasteiger partial charge in [0.15, 0.2) is 5.58 Å². The topological polar surface area (TPSA) is 64.1 Å². The van der Waals surface area contributed by atoms with E-state index in [1.807, 2.05) is 23.9 Å². The fourth-order valence-corrected chi connectivity index (χ4v) is 2.08. The third kappa shape index (κ3) is 3.30. The van der Waals surface area contributed by atoms with Gasteiger partial charge in [0.2, 0.25) is 0 Å². The van der Waals surface area contributed by atoms with E-state index in [0.717, 1.165) is 24.1 Å². The molecule has 2 rings (SSSR count). The zero-order valence-corrected chi connectivity index (χ0v) is 10.7. The van der Waals surface area contributed by atoms with Gasteiger partial charge in [-0.3, -0.25) is 0 Å². The number of anilines is 2. The van der Waals surface area contributed by atoms with Crippen molar-refractivity contribution >= 4 is 34.6 Å². The van der Waals surface area contributed by atoms with Crippen molar-refractivity contribution in [2.24, 2.45) is 0 Å². The van der Waals surface area contributed by atoms with Gasteiger partial charge in [-0.1, -0.05) is 0 Å². The molecular formula is C12H17N3OS. The number of unbranched alkanes of at least 4 members (excludes halogenated alkanes) is 1. The van der Waals surface area contributed by atoms with Crippen LogP contribution in [0.3, 0.4) is 0 Å². The van der Waals surface area contributed by atoms with Gasteiger partial charge in [-0.25, -0.2) is 0 Å². The van der Waals surface area contributed by atoms with Gasteiger partial charge in [0.05, 0.1) is 0 Å². The van der Waals surface area contributed by atoms with Crippen LogP contribution in [0.1, 0.15) is 12.8 Å². The molecule has 2 aromatic rings. The number of hydrogen-bond acceptors (Lipinski definition) is 5. The molecule has 0 unspecified atom stereocenters. The van der Waals surface area contributed by atoms with Crippen LogP contribution in [-0.4, -0.2) is 23.5 Å². The molecular weight excluding hydrogens is 234 g/mol. The molecule has 1 aromatic heterocycles. The zero-order chi connectivity index (χ0) is 12.1. The van der Waals surface area contributed by atoms with E-state index in [1.165, 1.54) is 12.2 Å². The van der Waals surface area contributed by atoms with Gasteiger partial charge >= 0.3 is 0 Å². The van der Waals surface area contributed by atoms with Crippen LogP contribution >= 0.6 is 11.8 Å². The van der Waals surface area contributed by atoms with E-state index in [1.54, 1.807) is 6.07 Å². The minimum absolute atomic E-state index is 0.578. The number of thioether (sulfide) groups is 1. The molecule has 0 bridgehead atoms. The van der Waals surface area contributed by atoms with Crippen LogP contribution in [0.2, 0.25) is 0 Å². The third-order valence-corrected chi connectivity index (χ3v) is 3.16. The Morgan fingerprint density at radius 2 is 2.29 bits per heavy atom. The molecule has 0 aliphatic rings. The van der Waals surface area contributed by atoms with Gasteiger partial charge in [-0.15, -0.1) is 0 Å². The normalized spacial score (nSPS) is 10.9. The van der Waals surface area contributed by atoms with Crippen LogP contribution in [0.4, 0.5) is 11.7 Å². The Kier molecular flexibility index (Phi) is 4.14. The van der Waals surface area contributed by atoms with E-state index in [4.69, 9.17) is 10.2 Å². The molecule has 0 amide bonds. The molecule has 1 aromatic carbocycles. The molecule has 0 spiro atoms. The molecule has 0 fully saturated rings. The standard InChI is InChI=1S/C12H17N3OS/c1-17-7-3-2-6-14-12-15-10-5-4-9(13)8-11(10)16-12/h4-5,8H,2-3,6-7,13H2,1H3,(H,14,15). The Morgan fingerprint density at radius 1 is 1.41 bits per heavy atom. The highest BCUT2D eigenvalue weighted by Crippen LogP contribution is 2.20. The predicted octanol–water partition coefficient (Wildman–Crippen LogP) is 2.97. The van der Waals surface area contributed by atoms with Crippen LogP contribution in [0, 0.1) is 0 Å². The lowest BCUT2D eigenvalue weighted by Gasteiger charge is -1.99. The van der Waals surface area contributed by atoms with Crippen LogP contribution < -0.4 is 11.1 Å².